The van der Waals surface area contributed by atoms with E-state index in [-0.39, 0.29) is 18.3 Å². The summed E-state index contributed by atoms with van der Waals surface area (Å²) in [5.41, 5.74) is 7.97. The van der Waals surface area contributed by atoms with Crippen molar-refractivity contribution in [1.29, 1.82) is 5.26 Å². The number of nitrogens with two attached hydrogens (primary N) is 1. The minimum atomic E-state index is -0.426. The first kappa shape index (κ1) is 21.2. The number of carbonyl (C=O) groups excluding carboxylic acids is 1. The zero-order valence-electron chi connectivity index (χ0n) is 17.1. The fourth-order valence-corrected chi connectivity index (χ4v) is 3.43. The number of carbonyl (C=O) groups is 1. The maximum atomic E-state index is 13.6. The summed E-state index contributed by atoms with van der Waals surface area (Å²) in [7, 11) is 0. The van der Waals surface area contributed by atoms with Crippen molar-refractivity contribution >= 4 is 34.2 Å². The van der Waals surface area contributed by atoms with Gasteiger partial charge in [0.2, 0.25) is 0 Å². The summed E-state index contributed by atoms with van der Waals surface area (Å²) in [5.74, 6) is 0.514. The van der Waals surface area contributed by atoms with Gasteiger partial charge in [0.05, 0.1) is 34.4 Å². The Morgan fingerprint density at radius 2 is 1.97 bits per heavy atom. The van der Waals surface area contributed by atoms with Crippen LogP contribution in [0.1, 0.15) is 40.4 Å². The topological polar surface area (TPSA) is 122 Å². The van der Waals surface area contributed by atoms with Gasteiger partial charge in [-0.25, -0.2) is 15.0 Å². The van der Waals surface area contributed by atoms with E-state index >= 15 is 0 Å². The molecule has 0 aliphatic carbocycles. The van der Waals surface area contributed by atoms with Gasteiger partial charge in [-0.3, -0.25) is 9.78 Å². The average Bonchev–Trinajstić information content (AvgIpc) is 2.83. The molecule has 3 heterocycles. The largest absolute Gasteiger partial charge is 0.382 e. The first-order valence-electron chi connectivity index (χ1n) is 9.75. The van der Waals surface area contributed by atoms with Crippen molar-refractivity contribution in [3.8, 4) is 6.07 Å². The average molecular weight is 444 g/mol. The Morgan fingerprint density at radius 1 is 1.19 bits per heavy atom. The SMILES string of the molecule is CC(c1ncccn1)N(Cc1ccc(C#N)cn1)C(=O)c1ccc2nc(N)c(Cl)cc2c1. The van der Waals surface area contributed by atoms with E-state index in [0.717, 1.165) is 0 Å². The number of halogens is 1. The van der Waals surface area contributed by atoms with Crippen LogP contribution in [-0.4, -0.2) is 30.7 Å². The number of amides is 1. The van der Waals surface area contributed by atoms with Gasteiger partial charge in [-0.1, -0.05) is 11.6 Å². The van der Waals surface area contributed by atoms with Crippen LogP contribution < -0.4 is 5.73 Å². The second-order valence-electron chi connectivity index (χ2n) is 7.13. The Hall–Kier alpha value is -4.09. The molecule has 158 valence electrons. The number of anilines is 1. The van der Waals surface area contributed by atoms with Crippen molar-refractivity contribution in [1.82, 2.24) is 24.8 Å². The molecule has 0 fully saturated rings. The predicted molar refractivity (Wildman–Crippen MR) is 120 cm³/mol. The molecule has 0 saturated carbocycles. The number of nitrogen functional groups attached to an aromatic ring is 1. The molecule has 4 rings (SSSR count). The molecule has 0 bridgehead atoms. The van der Waals surface area contributed by atoms with Gasteiger partial charge < -0.3 is 10.6 Å². The molecule has 0 saturated heterocycles. The predicted octanol–water partition coefficient (Wildman–Crippen LogP) is 3.93. The molecule has 9 heteroatoms. The Kier molecular flexibility index (Phi) is 5.92. The summed E-state index contributed by atoms with van der Waals surface area (Å²) in [6.45, 7) is 2.07. The highest BCUT2D eigenvalue weighted by Crippen LogP contribution is 2.26. The molecule has 0 spiro atoms. The fraction of sp³-hybridized carbons (Fsp3) is 0.130. The summed E-state index contributed by atoms with van der Waals surface area (Å²) in [5, 5.41) is 10.0. The lowest BCUT2D eigenvalue weighted by atomic mass is 10.1. The van der Waals surface area contributed by atoms with Gasteiger partial charge >= 0.3 is 0 Å². The van der Waals surface area contributed by atoms with Gasteiger partial charge in [0.15, 0.2) is 0 Å². The van der Waals surface area contributed by atoms with E-state index in [4.69, 9.17) is 22.6 Å². The lowest BCUT2D eigenvalue weighted by Crippen LogP contribution is -2.34. The molecule has 0 aliphatic rings. The molecule has 4 aromatic rings. The molecule has 2 N–H and O–H groups in total. The van der Waals surface area contributed by atoms with Gasteiger partial charge in [0.25, 0.3) is 5.91 Å². The van der Waals surface area contributed by atoms with Crippen molar-refractivity contribution in [3.05, 3.63) is 88.7 Å². The molecule has 8 nitrogen and oxygen atoms in total. The Balaban J connectivity index is 1.72. The van der Waals surface area contributed by atoms with Gasteiger partial charge in [-0.2, -0.15) is 5.26 Å². The Bertz CT molecular complexity index is 1320. The van der Waals surface area contributed by atoms with Crippen molar-refractivity contribution in [3.63, 3.8) is 0 Å². The molecule has 0 radical (unpaired) electrons. The molecule has 3 aromatic heterocycles. The van der Waals surface area contributed by atoms with Crippen molar-refractivity contribution in [2.45, 2.75) is 19.5 Å². The maximum absolute atomic E-state index is 13.6. The van der Waals surface area contributed by atoms with E-state index in [9.17, 15) is 4.79 Å². The first-order chi connectivity index (χ1) is 15.5. The number of hydrogen-bond acceptors (Lipinski definition) is 7. The number of benzene rings is 1. The molecule has 32 heavy (non-hydrogen) atoms. The van der Waals surface area contributed by atoms with Crippen LogP contribution in [0.5, 0.6) is 0 Å². The van der Waals surface area contributed by atoms with Crippen molar-refractivity contribution in [2.24, 2.45) is 0 Å². The molecule has 1 aromatic carbocycles. The third kappa shape index (κ3) is 4.33. The minimum Gasteiger partial charge on any atom is -0.382 e. The van der Waals surface area contributed by atoms with Crippen molar-refractivity contribution in [2.75, 3.05) is 5.73 Å². The molecule has 1 atom stereocenters. The second kappa shape index (κ2) is 8.96. The van der Waals surface area contributed by atoms with E-state index in [2.05, 4.69) is 19.9 Å². The highest BCUT2D eigenvalue weighted by Gasteiger charge is 2.25. The molecule has 1 amide bonds. The number of pyridine rings is 2. The second-order valence-corrected chi connectivity index (χ2v) is 7.54. The summed E-state index contributed by atoms with van der Waals surface area (Å²) >= 11 is 6.11. The van der Waals surface area contributed by atoms with Gasteiger partial charge in [-0.15, -0.1) is 0 Å². The summed E-state index contributed by atoms with van der Waals surface area (Å²) in [6.07, 6.45) is 4.75. The van der Waals surface area contributed by atoms with Gasteiger partial charge in [0.1, 0.15) is 17.7 Å². The van der Waals surface area contributed by atoms with E-state index in [0.29, 0.717) is 38.6 Å². The fourth-order valence-electron chi connectivity index (χ4n) is 3.27. The van der Waals surface area contributed by atoms with Crippen LogP contribution >= 0.6 is 11.6 Å². The highest BCUT2D eigenvalue weighted by atomic mass is 35.5. The van der Waals surface area contributed by atoms with Gasteiger partial charge in [-0.05, 0) is 49.4 Å². The zero-order chi connectivity index (χ0) is 22.7. The van der Waals surface area contributed by atoms with Crippen molar-refractivity contribution < 1.29 is 4.79 Å². The summed E-state index contributed by atoms with van der Waals surface area (Å²) in [6, 6.07) is 13.6. The molecular weight excluding hydrogens is 426 g/mol. The minimum absolute atomic E-state index is 0.211. The van der Waals surface area contributed by atoms with Crippen LogP contribution in [0.4, 0.5) is 5.82 Å². The van der Waals surface area contributed by atoms with Crippen LogP contribution in [0.15, 0.2) is 61.1 Å². The maximum Gasteiger partial charge on any atom is 0.254 e. The van der Waals surface area contributed by atoms with Crippen LogP contribution in [0.2, 0.25) is 5.02 Å². The third-order valence-corrected chi connectivity index (χ3v) is 5.32. The third-order valence-electron chi connectivity index (χ3n) is 5.02. The first-order valence-corrected chi connectivity index (χ1v) is 10.1. The van der Waals surface area contributed by atoms with Crippen LogP contribution in [0, 0.1) is 11.3 Å². The molecular formula is C23H18ClN7O. The van der Waals surface area contributed by atoms with E-state index in [1.165, 1.54) is 6.20 Å². The number of hydrogen-bond donors (Lipinski definition) is 1. The summed E-state index contributed by atoms with van der Waals surface area (Å²) < 4.78 is 0. The molecule has 0 aliphatic heterocycles. The number of nitriles is 1. The standard InChI is InChI=1S/C23H18ClN7O/c1-14(22-27-7-2-8-28-22)31(13-18-5-3-15(11-25)12-29-18)23(32)16-4-6-20-17(9-16)10-19(24)21(26)30-20/h2-10,12,14H,13H2,1H3,(H2,26,30). The number of fused-ring (bicyclic) bond motifs is 1. The van der Waals surface area contributed by atoms with Crippen LogP contribution in [0.3, 0.4) is 0 Å². The van der Waals surface area contributed by atoms with E-state index < -0.39 is 6.04 Å². The normalized spacial score (nSPS) is 11.7. The quantitative estimate of drug-likeness (QED) is 0.495. The van der Waals surface area contributed by atoms with E-state index in [1.807, 2.05) is 13.0 Å². The van der Waals surface area contributed by atoms with E-state index in [1.54, 1.807) is 59.8 Å². The number of aromatic nitrogens is 4. The molecule has 1 unspecified atom stereocenters. The lowest BCUT2D eigenvalue weighted by Gasteiger charge is -2.28. The number of rotatable bonds is 5. The van der Waals surface area contributed by atoms with Gasteiger partial charge in [0, 0.05) is 29.5 Å². The van der Waals surface area contributed by atoms with Crippen LogP contribution in [0.25, 0.3) is 10.9 Å². The Morgan fingerprint density at radius 3 is 2.66 bits per heavy atom. The smallest absolute Gasteiger partial charge is 0.254 e. The highest BCUT2D eigenvalue weighted by molar-refractivity contribution is 6.33. The van der Waals surface area contributed by atoms with Crippen LogP contribution in [-0.2, 0) is 6.54 Å². The summed E-state index contributed by atoms with van der Waals surface area (Å²) in [4.78, 5) is 32.4. The lowest BCUT2D eigenvalue weighted by molar-refractivity contribution is 0.0663. The zero-order valence-corrected chi connectivity index (χ0v) is 17.9. The Labute approximate surface area is 189 Å². The number of nitrogens with zero attached hydrogens (tertiary/aromatic N) is 6. The monoisotopic (exact) mass is 443 g/mol.